The standard InChI is InChI=1S/C26H28FN3S/c1-2-3-4-5-6-22-13-14-23(31-22)12-7-19-15-16-30-26(17-19)25(29)18-24(28)20-8-10-21(27)11-9-20/h7-18,28H,2-6,29H2,1H3/b12-7+,25-18-,28-24?. The maximum Gasteiger partial charge on any atom is 0.123 e. The van der Waals surface area contributed by atoms with Crippen molar-refractivity contribution in [1.82, 2.24) is 4.98 Å². The molecule has 1 aromatic carbocycles. The van der Waals surface area contributed by atoms with Crippen LogP contribution in [0.1, 0.15) is 59.2 Å². The van der Waals surface area contributed by atoms with Crippen LogP contribution in [0.5, 0.6) is 0 Å². The van der Waals surface area contributed by atoms with Gasteiger partial charge in [-0.05, 0) is 84.7 Å². The van der Waals surface area contributed by atoms with Gasteiger partial charge in [0.1, 0.15) is 5.82 Å². The number of hydrogen-bond donors (Lipinski definition) is 2. The molecular formula is C26H28FN3S. The number of unbranched alkanes of at least 4 members (excludes halogenated alkanes) is 3. The van der Waals surface area contributed by atoms with Crippen molar-refractivity contribution in [3.05, 3.63) is 93.2 Å². The van der Waals surface area contributed by atoms with Crippen LogP contribution < -0.4 is 5.73 Å². The van der Waals surface area contributed by atoms with Crippen molar-refractivity contribution in [2.75, 3.05) is 0 Å². The van der Waals surface area contributed by atoms with Gasteiger partial charge < -0.3 is 11.1 Å². The molecule has 0 aliphatic rings. The van der Waals surface area contributed by atoms with Crippen molar-refractivity contribution in [1.29, 1.82) is 5.41 Å². The largest absolute Gasteiger partial charge is 0.397 e. The minimum atomic E-state index is -0.330. The number of hydrogen-bond acceptors (Lipinski definition) is 4. The fourth-order valence-electron chi connectivity index (χ4n) is 3.17. The molecule has 3 nitrogen and oxygen atoms in total. The molecular weight excluding hydrogens is 405 g/mol. The number of nitrogens with zero attached hydrogens (tertiary/aromatic N) is 1. The van der Waals surface area contributed by atoms with Crippen molar-refractivity contribution >= 4 is 34.9 Å². The molecule has 0 saturated carbocycles. The molecule has 31 heavy (non-hydrogen) atoms. The summed E-state index contributed by atoms with van der Waals surface area (Å²) in [5.74, 6) is -0.330. The first-order valence-corrected chi connectivity index (χ1v) is 11.4. The Bertz CT molecular complexity index is 1060. The third kappa shape index (κ3) is 7.00. The van der Waals surface area contributed by atoms with E-state index in [4.69, 9.17) is 11.1 Å². The molecule has 160 valence electrons. The predicted octanol–water partition coefficient (Wildman–Crippen LogP) is 6.94. The molecule has 5 heteroatoms. The quantitative estimate of drug-likeness (QED) is 0.269. The second-order valence-electron chi connectivity index (χ2n) is 7.44. The number of nitrogens with one attached hydrogen (secondary N) is 1. The van der Waals surface area contributed by atoms with Gasteiger partial charge in [0, 0.05) is 16.0 Å². The molecule has 0 bridgehead atoms. The second-order valence-corrected chi connectivity index (χ2v) is 8.64. The predicted molar refractivity (Wildman–Crippen MR) is 131 cm³/mol. The third-order valence-electron chi connectivity index (χ3n) is 4.93. The number of allylic oxidation sites excluding steroid dienone is 1. The first kappa shape index (κ1) is 22.6. The van der Waals surface area contributed by atoms with Gasteiger partial charge in [-0.15, -0.1) is 11.3 Å². The first-order chi connectivity index (χ1) is 15.0. The maximum absolute atomic E-state index is 13.1. The Hall–Kier alpha value is -3.05. The molecule has 0 saturated heterocycles. The Morgan fingerprint density at radius 1 is 1.06 bits per heavy atom. The summed E-state index contributed by atoms with van der Waals surface area (Å²) in [4.78, 5) is 6.98. The Morgan fingerprint density at radius 2 is 1.87 bits per heavy atom. The van der Waals surface area contributed by atoms with Gasteiger partial charge in [-0.2, -0.15) is 0 Å². The topological polar surface area (TPSA) is 62.8 Å². The van der Waals surface area contributed by atoms with Crippen LogP contribution in [0.2, 0.25) is 0 Å². The molecule has 0 unspecified atom stereocenters. The number of aromatic nitrogens is 1. The zero-order valence-electron chi connectivity index (χ0n) is 17.8. The molecule has 3 rings (SSSR count). The number of halogens is 1. The molecule has 0 amide bonds. The van der Waals surface area contributed by atoms with Crippen LogP contribution in [0.4, 0.5) is 4.39 Å². The molecule has 3 aromatic rings. The number of aryl methyl sites for hydroxylation is 1. The fourth-order valence-corrected chi connectivity index (χ4v) is 4.13. The average Bonchev–Trinajstić information content (AvgIpc) is 3.23. The Kier molecular flexibility index (Phi) is 8.30. The minimum Gasteiger partial charge on any atom is -0.397 e. The highest BCUT2D eigenvalue weighted by Gasteiger charge is 2.04. The third-order valence-corrected chi connectivity index (χ3v) is 6.04. The summed E-state index contributed by atoms with van der Waals surface area (Å²) in [6.07, 6.45) is 13.7. The van der Waals surface area contributed by atoms with E-state index >= 15 is 0 Å². The van der Waals surface area contributed by atoms with Crippen LogP contribution >= 0.6 is 11.3 Å². The zero-order valence-corrected chi connectivity index (χ0v) is 18.6. The Morgan fingerprint density at radius 3 is 2.65 bits per heavy atom. The summed E-state index contributed by atoms with van der Waals surface area (Å²) in [6.45, 7) is 2.23. The van der Waals surface area contributed by atoms with Crippen LogP contribution in [0.15, 0.2) is 60.8 Å². The van der Waals surface area contributed by atoms with Crippen LogP contribution in [-0.2, 0) is 6.42 Å². The molecule has 3 N–H and O–H groups in total. The van der Waals surface area contributed by atoms with Crippen LogP contribution in [-0.4, -0.2) is 10.7 Å². The van der Waals surface area contributed by atoms with Crippen molar-refractivity contribution < 1.29 is 4.39 Å². The number of thiophene rings is 1. The van der Waals surface area contributed by atoms with E-state index in [1.54, 1.807) is 24.4 Å². The lowest BCUT2D eigenvalue weighted by molar-refractivity contribution is 0.628. The van der Waals surface area contributed by atoms with E-state index < -0.39 is 0 Å². The average molecular weight is 434 g/mol. The van der Waals surface area contributed by atoms with Gasteiger partial charge in [0.05, 0.1) is 17.1 Å². The second kappa shape index (κ2) is 11.4. The SMILES string of the molecule is CCCCCCc1ccc(/C=C/c2ccnc(/C(N)=C/C(=N)c3ccc(F)cc3)c2)s1. The van der Waals surface area contributed by atoms with Crippen molar-refractivity contribution in [2.24, 2.45) is 5.73 Å². The van der Waals surface area contributed by atoms with Crippen LogP contribution in [0.25, 0.3) is 17.8 Å². The molecule has 0 fully saturated rings. The summed E-state index contributed by atoms with van der Waals surface area (Å²) in [5.41, 5.74) is 8.99. The summed E-state index contributed by atoms with van der Waals surface area (Å²) >= 11 is 1.83. The number of nitrogens with two attached hydrogens (primary N) is 1. The molecule has 0 spiro atoms. The van der Waals surface area contributed by atoms with E-state index in [-0.39, 0.29) is 11.5 Å². The number of benzene rings is 1. The number of pyridine rings is 1. The van der Waals surface area contributed by atoms with Crippen molar-refractivity contribution in [3.8, 4) is 0 Å². The van der Waals surface area contributed by atoms with Gasteiger partial charge in [0.25, 0.3) is 0 Å². The van der Waals surface area contributed by atoms with E-state index in [2.05, 4.69) is 36.2 Å². The van der Waals surface area contributed by atoms with Gasteiger partial charge in [-0.3, -0.25) is 4.98 Å². The van der Waals surface area contributed by atoms with E-state index in [9.17, 15) is 4.39 Å². The zero-order chi connectivity index (χ0) is 22.1. The van der Waals surface area contributed by atoms with E-state index in [0.717, 1.165) is 12.0 Å². The van der Waals surface area contributed by atoms with Gasteiger partial charge in [-0.1, -0.05) is 32.3 Å². The molecule has 0 aliphatic heterocycles. The van der Waals surface area contributed by atoms with Crippen molar-refractivity contribution in [3.63, 3.8) is 0 Å². The van der Waals surface area contributed by atoms with Gasteiger partial charge in [0.15, 0.2) is 0 Å². The molecule has 2 aromatic heterocycles. The highest BCUT2D eigenvalue weighted by molar-refractivity contribution is 7.12. The molecule has 0 aliphatic carbocycles. The van der Waals surface area contributed by atoms with Gasteiger partial charge in [0.2, 0.25) is 0 Å². The molecule has 0 atom stereocenters. The van der Waals surface area contributed by atoms with E-state index in [0.29, 0.717) is 17.0 Å². The van der Waals surface area contributed by atoms with E-state index in [1.165, 1.54) is 47.6 Å². The Labute approximate surface area is 187 Å². The normalized spacial score (nSPS) is 11.9. The number of rotatable bonds is 10. The lowest BCUT2D eigenvalue weighted by Gasteiger charge is -2.04. The Balaban J connectivity index is 1.65. The lowest BCUT2D eigenvalue weighted by atomic mass is 10.1. The fraction of sp³-hybridized carbons (Fsp3) is 0.231. The summed E-state index contributed by atoms with van der Waals surface area (Å²) < 4.78 is 13.1. The highest BCUT2D eigenvalue weighted by Crippen LogP contribution is 2.22. The summed E-state index contributed by atoms with van der Waals surface area (Å²) in [7, 11) is 0. The van der Waals surface area contributed by atoms with Gasteiger partial charge >= 0.3 is 0 Å². The highest BCUT2D eigenvalue weighted by atomic mass is 32.1. The molecule has 0 radical (unpaired) electrons. The monoisotopic (exact) mass is 433 g/mol. The minimum absolute atomic E-state index is 0.213. The van der Waals surface area contributed by atoms with Gasteiger partial charge in [-0.25, -0.2) is 4.39 Å². The lowest BCUT2D eigenvalue weighted by Crippen LogP contribution is -2.04. The first-order valence-electron chi connectivity index (χ1n) is 10.6. The molecule has 2 heterocycles. The van der Waals surface area contributed by atoms with Crippen molar-refractivity contribution in [2.45, 2.75) is 39.0 Å². The maximum atomic E-state index is 13.1. The van der Waals surface area contributed by atoms with Crippen LogP contribution in [0, 0.1) is 11.2 Å². The summed E-state index contributed by atoms with van der Waals surface area (Å²) in [5, 5.41) is 8.18. The van der Waals surface area contributed by atoms with E-state index in [1.807, 2.05) is 23.5 Å². The smallest absolute Gasteiger partial charge is 0.123 e. The van der Waals surface area contributed by atoms with Crippen LogP contribution in [0.3, 0.4) is 0 Å². The summed E-state index contributed by atoms with van der Waals surface area (Å²) in [6, 6.07) is 14.0.